The van der Waals surface area contributed by atoms with Crippen molar-refractivity contribution in [1.29, 1.82) is 0 Å². The van der Waals surface area contributed by atoms with E-state index in [0.29, 0.717) is 6.54 Å². The Bertz CT molecular complexity index is 469. The van der Waals surface area contributed by atoms with Gasteiger partial charge in [-0.15, -0.1) is 11.3 Å². The number of hydrogen-bond acceptors (Lipinski definition) is 4. The number of rotatable bonds is 3. The van der Waals surface area contributed by atoms with Crippen LogP contribution in [0.15, 0.2) is 12.4 Å². The second kappa shape index (κ2) is 4.44. The van der Waals surface area contributed by atoms with Crippen molar-refractivity contribution in [3.63, 3.8) is 0 Å². The van der Waals surface area contributed by atoms with Crippen molar-refractivity contribution >= 4 is 17.2 Å². The van der Waals surface area contributed by atoms with Gasteiger partial charge in [-0.2, -0.15) is 5.10 Å². The SMILES string of the molecule is Cc1cc(CNC(=O)c2ncn[nH]2)sc1C. The van der Waals surface area contributed by atoms with Crippen molar-refractivity contribution in [3.8, 4) is 0 Å². The lowest BCUT2D eigenvalue weighted by Gasteiger charge is -1.99. The molecule has 2 aromatic rings. The van der Waals surface area contributed by atoms with Gasteiger partial charge in [0.2, 0.25) is 5.82 Å². The molecule has 0 aromatic carbocycles. The highest BCUT2D eigenvalue weighted by Crippen LogP contribution is 2.20. The molecule has 0 fully saturated rings. The van der Waals surface area contributed by atoms with Crippen LogP contribution in [0.5, 0.6) is 0 Å². The fourth-order valence-corrected chi connectivity index (χ4v) is 2.30. The van der Waals surface area contributed by atoms with Crippen LogP contribution in [0.3, 0.4) is 0 Å². The van der Waals surface area contributed by atoms with Crippen LogP contribution in [0.1, 0.15) is 25.9 Å². The van der Waals surface area contributed by atoms with E-state index in [1.54, 1.807) is 11.3 Å². The van der Waals surface area contributed by atoms with Gasteiger partial charge in [-0.25, -0.2) is 4.98 Å². The number of thiophene rings is 1. The summed E-state index contributed by atoms with van der Waals surface area (Å²) >= 11 is 1.69. The molecule has 84 valence electrons. The molecule has 0 spiro atoms. The molecule has 0 bridgehead atoms. The lowest BCUT2D eigenvalue weighted by molar-refractivity contribution is 0.0941. The van der Waals surface area contributed by atoms with E-state index in [9.17, 15) is 4.79 Å². The monoisotopic (exact) mass is 236 g/mol. The van der Waals surface area contributed by atoms with Gasteiger partial charge in [-0.3, -0.25) is 9.89 Å². The van der Waals surface area contributed by atoms with Gasteiger partial charge in [0.25, 0.3) is 5.91 Å². The summed E-state index contributed by atoms with van der Waals surface area (Å²) < 4.78 is 0. The summed E-state index contributed by atoms with van der Waals surface area (Å²) in [6.07, 6.45) is 1.31. The molecule has 6 heteroatoms. The summed E-state index contributed by atoms with van der Waals surface area (Å²) in [6.45, 7) is 4.66. The predicted molar refractivity (Wildman–Crippen MR) is 61.3 cm³/mol. The van der Waals surface area contributed by atoms with Crippen LogP contribution in [-0.2, 0) is 6.54 Å². The molecule has 5 nitrogen and oxygen atoms in total. The number of H-pyrrole nitrogens is 1. The van der Waals surface area contributed by atoms with Crippen molar-refractivity contribution in [2.75, 3.05) is 0 Å². The molecule has 0 aliphatic heterocycles. The molecule has 2 aromatic heterocycles. The Hall–Kier alpha value is -1.69. The predicted octanol–water partition coefficient (Wildman–Crippen LogP) is 1.41. The first kappa shape index (κ1) is 10.8. The van der Waals surface area contributed by atoms with Gasteiger partial charge in [-0.05, 0) is 25.5 Å². The smallest absolute Gasteiger partial charge is 0.288 e. The largest absolute Gasteiger partial charge is 0.344 e. The van der Waals surface area contributed by atoms with Gasteiger partial charge in [0.05, 0.1) is 6.54 Å². The lowest BCUT2D eigenvalue weighted by Crippen LogP contribution is -2.23. The van der Waals surface area contributed by atoms with E-state index >= 15 is 0 Å². The number of carbonyl (C=O) groups is 1. The zero-order valence-corrected chi connectivity index (χ0v) is 9.89. The molecule has 0 aliphatic rings. The van der Waals surface area contributed by atoms with E-state index in [2.05, 4.69) is 40.4 Å². The minimum atomic E-state index is -0.235. The van der Waals surface area contributed by atoms with Crippen LogP contribution in [0.25, 0.3) is 0 Å². The van der Waals surface area contributed by atoms with Crippen molar-refractivity contribution in [1.82, 2.24) is 20.5 Å². The Morgan fingerprint density at radius 1 is 1.56 bits per heavy atom. The molecule has 0 radical (unpaired) electrons. The quantitative estimate of drug-likeness (QED) is 0.846. The molecule has 0 saturated carbocycles. The number of aromatic nitrogens is 3. The number of nitrogens with one attached hydrogen (secondary N) is 2. The molecule has 0 unspecified atom stereocenters. The number of aryl methyl sites for hydroxylation is 2. The van der Waals surface area contributed by atoms with Crippen molar-refractivity contribution in [2.45, 2.75) is 20.4 Å². The number of nitrogens with zero attached hydrogens (tertiary/aromatic N) is 2. The highest BCUT2D eigenvalue weighted by Gasteiger charge is 2.08. The van der Waals surface area contributed by atoms with Crippen molar-refractivity contribution in [2.24, 2.45) is 0 Å². The van der Waals surface area contributed by atoms with Crippen LogP contribution >= 0.6 is 11.3 Å². The van der Waals surface area contributed by atoms with Crippen molar-refractivity contribution < 1.29 is 4.79 Å². The maximum atomic E-state index is 11.5. The first-order chi connectivity index (χ1) is 7.66. The second-order valence-electron chi connectivity index (χ2n) is 3.47. The molecule has 16 heavy (non-hydrogen) atoms. The standard InChI is InChI=1S/C10H12N4OS/c1-6-3-8(16-7(6)2)4-11-10(15)9-12-5-13-14-9/h3,5H,4H2,1-2H3,(H,11,15)(H,12,13,14). The van der Waals surface area contributed by atoms with Crippen LogP contribution < -0.4 is 5.32 Å². The van der Waals surface area contributed by atoms with E-state index < -0.39 is 0 Å². The third-order valence-corrected chi connectivity index (χ3v) is 3.42. The molecule has 1 amide bonds. The van der Waals surface area contributed by atoms with Crippen LogP contribution in [0.4, 0.5) is 0 Å². The Balaban J connectivity index is 1.95. The summed E-state index contributed by atoms with van der Waals surface area (Å²) in [5.41, 5.74) is 1.26. The van der Waals surface area contributed by atoms with Crippen LogP contribution in [0.2, 0.25) is 0 Å². The Kier molecular flexibility index (Phi) is 3.00. The van der Waals surface area contributed by atoms with E-state index in [1.165, 1.54) is 16.8 Å². The fraction of sp³-hybridized carbons (Fsp3) is 0.300. The van der Waals surface area contributed by atoms with E-state index in [4.69, 9.17) is 0 Å². The molecule has 0 atom stereocenters. The lowest BCUT2D eigenvalue weighted by atomic mass is 10.3. The number of carbonyl (C=O) groups excluding carboxylic acids is 1. The molecule has 0 saturated heterocycles. The normalized spacial score (nSPS) is 10.4. The summed E-state index contributed by atoms with van der Waals surface area (Å²) in [6, 6.07) is 2.08. The van der Waals surface area contributed by atoms with E-state index in [1.807, 2.05) is 0 Å². The van der Waals surface area contributed by atoms with E-state index in [0.717, 1.165) is 4.88 Å². The zero-order chi connectivity index (χ0) is 11.5. The molecule has 2 heterocycles. The molecule has 2 rings (SSSR count). The minimum Gasteiger partial charge on any atom is -0.344 e. The summed E-state index contributed by atoms with van der Waals surface area (Å²) in [5, 5.41) is 8.92. The third-order valence-electron chi connectivity index (χ3n) is 2.27. The molecule has 2 N–H and O–H groups in total. The van der Waals surface area contributed by atoms with Gasteiger partial charge in [-0.1, -0.05) is 0 Å². The molecular weight excluding hydrogens is 224 g/mol. The summed E-state index contributed by atoms with van der Waals surface area (Å²) in [4.78, 5) is 17.7. The van der Waals surface area contributed by atoms with Crippen LogP contribution in [0, 0.1) is 13.8 Å². The third kappa shape index (κ3) is 2.27. The van der Waals surface area contributed by atoms with Gasteiger partial charge in [0, 0.05) is 9.75 Å². The molecule has 0 aliphatic carbocycles. The summed E-state index contributed by atoms with van der Waals surface area (Å²) in [5.74, 6) is 0.00575. The van der Waals surface area contributed by atoms with Gasteiger partial charge in [0.15, 0.2) is 0 Å². The first-order valence-electron chi connectivity index (χ1n) is 4.86. The van der Waals surface area contributed by atoms with Crippen LogP contribution in [-0.4, -0.2) is 21.1 Å². The zero-order valence-electron chi connectivity index (χ0n) is 9.07. The maximum absolute atomic E-state index is 11.5. The highest BCUT2D eigenvalue weighted by molar-refractivity contribution is 7.12. The van der Waals surface area contributed by atoms with Crippen molar-refractivity contribution in [3.05, 3.63) is 33.5 Å². The van der Waals surface area contributed by atoms with Gasteiger partial charge in [0.1, 0.15) is 6.33 Å². The highest BCUT2D eigenvalue weighted by atomic mass is 32.1. The fourth-order valence-electron chi connectivity index (χ4n) is 1.30. The van der Waals surface area contributed by atoms with E-state index in [-0.39, 0.29) is 11.7 Å². The maximum Gasteiger partial charge on any atom is 0.288 e. The topological polar surface area (TPSA) is 70.7 Å². The Morgan fingerprint density at radius 3 is 2.94 bits per heavy atom. The Labute approximate surface area is 96.9 Å². The second-order valence-corrected chi connectivity index (χ2v) is 4.81. The number of hydrogen-bond donors (Lipinski definition) is 2. The average molecular weight is 236 g/mol. The number of amides is 1. The molecular formula is C10H12N4OS. The average Bonchev–Trinajstić information content (AvgIpc) is 2.86. The summed E-state index contributed by atoms with van der Waals surface area (Å²) in [7, 11) is 0. The number of aromatic amines is 1. The van der Waals surface area contributed by atoms with Gasteiger partial charge >= 0.3 is 0 Å². The Morgan fingerprint density at radius 2 is 2.38 bits per heavy atom. The minimum absolute atomic E-state index is 0.235. The first-order valence-corrected chi connectivity index (χ1v) is 5.68. The van der Waals surface area contributed by atoms with Gasteiger partial charge < -0.3 is 5.32 Å².